The van der Waals surface area contributed by atoms with Gasteiger partial charge >= 0.3 is 0 Å². The van der Waals surface area contributed by atoms with Gasteiger partial charge in [0.15, 0.2) is 11.6 Å². The maximum atomic E-state index is 13.2. The van der Waals surface area contributed by atoms with Crippen LogP contribution in [0.4, 0.5) is 8.78 Å². The standard InChI is InChI=1S/C14H19F2NO4/c1-6(2)17-14-12(20)11(19)13(21-14)10(18)7-3-4-8(15)9(16)5-7/h3-6,10-14,17-20H,1-2H3. The molecule has 7 heteroatoms. The zero-order valence-electron chi connectivity index (χ0n) is 11.7. The minimum atomic E-state index is -1.39. The van der Waals surface area contributed by atoms with Crippen LogP contribution in [0, 0.1) is 11.6 Å². The van der Waals surface area contributed by atoms with E-state index in [4.69, 9.17) is 4.74 Å². The molecule has 1 heterocycles. The van der Waals surface area contributed by atoms with Crippen LogP contribution in [0.2, 0.25) is 0 Å². The van der Waals surface area contributed by atoms with E-state index in [1.54, 1.807) is 0 Å². The van der Waals surface area contributed by atoms with Gasteiger partial charge in [-0.2, -0.15) is 0 Å². The summed E-state index contributed by atoms with van der Waals surface area (Å²) in [7, 11) is 0. The van der Waals surface area contributed by atoms with E-state index in [0.29, 0.717) is 0 Å². The van der Waals surface area contributed by atoms with Crippen molar-refractivity contribution in [1.29, 1.82) is 0 Å². The fourth-order valence-corrected chi connectivity index (χ4v) is 2.32. The topological polar surface area (TPSA) is 82.0 Å². The van der Waals surface area contributed by atoms with E-state index in [9.17, 15) is 24.1 Å². The highest BCUT2D eigenvalue weighted by Gasteiger charge is 2.46. The van der Waals surface area contributed by atoms with Crippen molar-refractivity contribution in [2.45, 2.75) is 50.5 Å². The maximum Gasteiger partial charge on any atom is 0.159 e. The van der Waals surface area contributed by atoms with E-state index in [2.05, 4.69) is 5.32 Å². The van der Waals surface area contributed by atoms with Gasteiger partial charge in [0.25, 0.3) is 0 Å². The van der Waals surface area contributed by atoms with E-state index in [1.165, 1.54) is 6.07 Å². The van der Waals surface area contributed by atoms with Crippen LogP contribution in [0.5, 0.6) is 0 Å². The van der Waals surface area contributed by atoms with Crippen molar-refractivity contribution in [2.24, 2.45) is 0 Å². The van der Waals surface area contributed by atoms with E-state index in [1.807, 2.05) is 13.8 Å². The SMILES string of the molecule is CC(C)NC1OC(C(O)c2ccc(F)c(F)c2)C(O)C1O. The van der Waals surface area contributed by atoms with E-state index < -0.39 is 42.3 Å². The molecule has 0 aromatic heterocycles. The molecule has 0 saturated carbocycles. The molecule has 1 fully saturated rings. The summed E-state index contributed by atoms with van der Waals surface area (Å²) in [5, 5.41) is 32.9. The molecule has 0 radical (unpaired) electrons. The van der Waals surface area contributed by atoms with Crippen molar-refractivity contribution in [3.8, 4) is 0 Å². The van der Waals surface area contributed by atoms with Gasteiger partial charge in [0, 0.05) is 6.04 Å². The molecule has 5 nitrogen and oxygen atoms in total. The van der Waals surface area contributed by atoms with Crippen molar-refractivity contribution >= 4 is 0 Å². The van der Waals surface area contributed by atoms with Crippen molar-refractivity contribution in [2.75, 3.05) is 0 Å². The van der Waals surface area contributed by atoms with Crippen LogP contribution in [0.25, 0.3) is 0 Å². The fourth-order valence-electron chi connectivity index (χ4n) is 2.32. The first-order valence-electron chi connectivity index (χ1n) is 6.72. The predicted molar refractivity (Wildman–Crippen MR) is 70.3 cm³/mol. The summed E-state index contributed by atoms with van der Waals surface area (Å²) in [6.07, 6.45) is -5.93. The van der Waals surface area contributed by atoms with E-state index in [-0.39, 0.29) is 11.6 Å². The molecule has 1 aliphatic heterocycles. The summed E-state index contributed by atoms with van der Waals surface area (Å²) >= 11 is 0. The molecule has 0 spiro atoms. The van der Waals surface area contributed by atoms with Crippen LogP contribution in [0.1, 0.15) is 25.5 Å². The first-order chi connectivity index (χ1) is 9.81. The van der Waals surface area contributed by atoms with Crippen LogP contribution in [-0.2, 0) is 4.74 Å². The van der Waals surface area contributed by atoms with Gasteiger partial charge in [-0.05, 0) is 31.5 Å². The molecule has 1 aromatic carbocycles. The number of halogens is 2. The Morgan fingerprint density at radius 3 is 2.38 bits per heavy atom. The van der Waals surface area contributed by atoms with Crippen molar-refractivity contribution in [1.82, 2.24) is 5.32 Å². The van der Waals surface area contributed by atoms with Gasteiger partial charge in [0.1, 0.15) is 30.6 Å². The Labute approximate surface area is 121 Å². The van der Waals surface area contributed by atoms with Gasteiger partial charge in [-0.15, -0.1) is 0 Å². The minimum absolute atomic E-state index is 0.00370. The van der Waals surface area contributed by atoms with Gasteiger partial charge in [0.05, 0.1) is 0 Å². The number of ether oxygens (including phenoxy) is 1. The molecule has 1 saturated heterocycles. The largest absolute Gasteiger partial charge is 0.387 e. The van der Waals surface area contributed by atoms with Crippen molar-refractivity contribution in [3.05, 3.63) is 35.4 Å². The maximum absolute atomic E-state index is 13.2. The third kappa shape index (κ3) is 3.38. The van der Waals surface area contributed by atoms with Crippen molar-refractivity contribution < 1.29 is 28.8 Å². The lowest BCUT2D eigenvalue weighted by molar-refractivity contribution is -0.0751. The number of aliphatic hydroxyl groups excluding tert-OH is 3. The Morgan fingerprint density at radius 2 is 1.81 bits per heavy atom. The first kappa shape index (κ1) is 16.3. The van der Waals surface area contributed by atoms with E-state index >= 15 is 0 Å². The van der Waals surface area contributed by atoms with Crippen LogP contribution < -0.4 is 5.32 Å². The van der Waals surface area contributed by atoms with Crippen molar-refractivity contribution in [3.63, 3.8) is 0 Å². The quantitative estimate of drug-likeness (QED) is 0.649. The second-order valence-electron chi connectivity index (χ2n) is 5.44. The summed E-state index contributed by atoms with van der Waals surface area (Å²) in [6.45, 7) is 3.67. The summed E-state index contributed by atoms with van der Waals surface area (Å²) in [4.78, 5) is 0. The second kappa shape index (κ2) is 6.33. The average molecular weight is 303 g/mol. The third-order valence-corrected chi connectivity index (χ3v) is 3.39. The summed E-state index contributed by atoms with van der Waals surface area (Å²) in [5.41, 5.74) is 0.0651. The number of benzene rings is 1. The van der Waals surface area contributed by atoms with Crippen LogP contribution in [0.3, 0.4) is 0 Å². The lowest BCUT2D eigenvalue weighted by atomic mass is 9.99. The number of hydrogen-bond donors (Lipinski definition) is 4. The summed E-state index contributed by atoms with van der Waals surface area (Å²) < 4.78 is 31.5. The molecule has 5 atom stereocenters. The normalized spacial score (nSPS) is 30.9. The van der Waals surface area contributed by atoms with Gasteiger partial charge in [-0.25, -0.2) is 8.78 Å². The number of aliphatic hydroxyl groups is 3. The van der Waals surface area contributed by atoms with Crippen LogP contribution >= 0.6 is 0 Å². The Hall–Kier alpha value is -1.12. The molecule has 0 aliphatic carbocycles. The highest BCUT2D eigenvalue weighted by molar-refractivity contribution is 5.22. The molecule has 2 rings (SSSR count). The van der Waals surface area contributed by atoms with Gasteiger partial charge in [0.2, 0.25) is 0 Å². The Morgan fingerprint density at radius 1 is 1.14 bits per heavy atom. The summed E-state index contributed by atoms with van der Waals surface area (Å²) in [5.74, 6) is -2.13. The first-order valence-corrected chi connectivity index (χ1v) is 6.72. The molecule has 5 unspecified atom stereocenters. The Bertz CT molecular complexity index is 500. The highest BCUT2D eigenvalue weighted by atomic mass is 19.2. The van der Waals surface area contributed by atoms with Crippen LogP contribution in [-0.4, -0.2) is 45.9 Å². The van der Waals surface area contributed by atoms with E-state index in [0.717, 1.165) is 12.1 Å². The molecular weight excluding hydrogens is 284 g/mol. The molecular formula is C14H19F2NO4. The number of nitrogens with one attached hydrogen (secondary N) is 1. The summed E-state index contributed by atoms with van der Waals surface area (Å²) in [6, 6.07) is 2.92. The Balaban J connectivity index is 2.15. The van der Waals surface area contributed by atoms with Crippen LogP contribution in [0.15, 0.2) is 18.2 Å². The molecule has 1 aromatic rings. The fraction of sp³-hybridized carbons (Fsp3) is 0.571. The van der Waals surface area contributed by atoms with Gasteiger partial charge in [-0.3, -0.25) is 5.32 Å². The van der Waals surface area contributed by atoms with Gasteiger partial charge in [-0.1, -0.05) is 6.07 Å². The molecule has 118 valence electrons. The average Bonchev–Trinajstić information content (AvgIpc) is 2.69. The smallest absolute Gasteiger partial charge is 0.159 e. The second-order valence-corrected chi connectivity index (χ2v) is 5.44. The number of hydrogen-bond acceptors (Lipinski definition) is 5. The molecule has 21 heavy (non-hydrogen) atoms. The molecule has 0 amide bonds. The minimum Gasteiger partial charge on any atom is -0.387 e. The monoisotopic (exact) mass is 303 g/mol. The lowest BCUT2D eigenvalue weighted by Crippen LogP contribution is -2.43. The zero-order valence-corrected chi connectivity index (χ0v) is 11.7. The molecule has 0 bridgehead atoms. The molecule has 4 N–H and O–H groups in total. The lowest BCUT2D eigenvalue weighted by Gasteiger charge is -2.22. The number of rotatable bonds is 4. The third-order valence-electron chi connectivity index (χ3n) is 3.39. The zero-order chi connectivity index (χ0) is 15.7. The predicted octanol–water partition coefficient (Wildman–Crippen LogP) is 0.443. The molecule has 1 aliphatic rings. The highest BCUT2D eigenvalue weighted by Crippen LogP contribution is 2.31. The Kier molecular flexibility index (Phi) is 4.90. The van der Waals surface area contributed by atoms with Gasteiger partial charge < -0.3 is 20.1 Å².